The average molecular weight is 382 g/mol. The van der Waals surface area contributed by atoms with E-state index in [4.69, 9.17) is 9.47 Å². The highest BCUT2D eigenvalue weighted by molar-refractivity contribution is 9.10. The second-order valence-electron chi connectivity index (χ2n) is 4.50. The summed E-state index contributed by atoms with van der Waals surface area (Å²) in [7, 11) is 1.41. The van der Waals surface area contributed by atoms with Crippen molar-refractivity contribution in [2.45, 2.75) is 6.61 Å². The maximum atomic E-state index is 11.3. The lowest BCUT2D eigenvalue weighted by Crippen LogP contribution is -2.05. The van der Waals surface area contributed by atoms with Crippen LogP contribution in [-0.2, 0) is 6.61 Å². The number of benzene rings is 2. The molecular formula is C15H12BrNO6. The number of nitrogens with zero attached hydrogens (tertiary/aromatic N) is 1. The van der Waals surface area contributed by atoms with E-state index in [1.165, 1.54) is 25.3 Å². The van der Waals surface area contributed by atoms with E-state index in [1.54, 1.807) is 18.2 Å². The number of halogens is 1. The summed E-state index contributed by atoms with van der Waals surface area (Å²) in [6.07, 6.45) is 0. The number of hydrogen-bond acceptors (Lipinski definition) is 5. The van der Waals surface area contributed by atoms with E-state index >= 15 is 0 Å². The molecule has 0 radical (unpaired) electrons. The van der Waals surface area contributed by atoms with Gasteiger partial charge in [-0.1, -0.05) is 15.9 Å². The number of ether oxygens (including phenoxy) is 2. The van der Waals surface area contributed by atoms with Crippen molar-refractivity contribution in [1.82, 2.24) is 0 Å². The molecule has 120 valence electrons. The first-order valence-corrected chi connectivity index (χ1v) is 7.18. The van der Waals surface area contributed by atoms with E-state index in [9.17, 15) is 20.0 Å². The van der Waals surface area contributed by atoms with Crippen LogP contribution in [0.2, 0.25) is 0 Å². The van der Waals surface area contributed by atoms with Gasteiger partial charge in [0, 0.05) is 16.6 Å². The highest BCUT2D eigenvalue weighted by Crippen LogP contribution is 2.35. The van der Waals surface area contributed by atoms with Crippen LogP contribution in [0.1, 0.15) is 15.9 Å². The molecule has 0 aliphatic rings. The number of carboxylic acids is 1. The van der Waals surface area contributed by atoms with Gasteiger partial charge in [-0.3, -0.25) is 10.1 Å². The zero-order valence-corrected chi connectivity index (χ0v) is 13.6. The average Bonchev–Trinajstić information content (AvgIpc) is 2.53. The third kappa shape index (κ3) is 3.98. The summed E-state index contributed by atoms with van der Waals surface area (Å²) in [4.78, 5) is 21.5. The van der Waals surface area contributed by atoms with E-state index < -0.39 is 10.9 Å². The Labute approximate surface area is 139 Å². The smallest absolute Gasteiger partial charge is 0.339 e. The van der Waals surface area contributed by atoms with Crippen LogP contribution in [-0.4, -0.2) is 23.1 Å². The molecule has 0 fully saturated rings. The van der Waals surface area contributed by atoms with Crippen LogP contribution in [0.4, 0.5) is 5.69 Å². The molecule has 8 heteroatoms. The standard InChI is InChI=1S/C15H12BrNO6/c1-22-13-7-10(16)6-12(15(18)19)14(13)23-8-9-2-4-11(5-3-9)17(20)21/h2-7H,8H2,1H3,(H,18,19). The SMILES string of the molecule is COc1cc(Br)cc(C(=O)O)c1OCc1ccc([N+](=O)[O-])cc1. The van der Waals surface area contributed by atoms with Crippen LogP contribution >= 0.6 is 15.9 Å². The number of nitro benzene ring substituents is 1. The number of carbonyl (C=O) groups is 1. The molecule has 2 aromatic rings. The molecule has 0 heterocycles. The topological polar surface area (TPSA) is 98.9 Å². The lowest BCUT2D eigenvalue weighted by atomic mass is 10.2. The van der Waals surface area contributed by atoms with Gasteiger partial charge in [0.15, 0.2) is 11.5 Å². The van der Waals surface area contributed by atoms with Crippen molar-refractivity contribution in [3.8, 4) is 11.5 Å². The lowest BCUT2D eigenvalue weighted by molar-refractivity contribution is -0.384. The molecule has 0 saturated heterocycles. The fourth-order valence-electron chi connectivity index (χ4n) is 1.90. The van der Waals surface area contributed by atoms with Crippen LogP contribution < -0.4 is 9.47 Å². The van der Waals surface area contributed by atoms with Gasteiger partial charge in [0.2, 0.25) is 0 Å². The molecular weight excluding hydrogens is 370 g/mol. The number of hydrogen-bond donors (Lipinski definition) is 1. The molecule has 0 aliphatic heterocycles. The van der Waals surface area contributed by atoms with Gasteiger partial charge in [0.1, 0.15) is 12.2 Å². The summed E-state index contributed by atoms with van der Waals surface area (Å²) in [5.74, 6) is -0.775. The maximum absolute atomic E-state index is 11.3. The third-order valence-corrected chi connectivity index (χ3v) is 3.46. The van der Waals surface area contributed by atoms with Gasteiger partial charge in [0.05, 0.1) is 12.0 Å². The van der Waals surface area contributed by atoms with Gasteiger partial charge >= 0.3 is 5.97 Å². The summed E-state index contributed by atoms with van der Waals surface area (Å²) >= 11 is 3.21. The minimum absolute atomic E-state index is 0.0267. The monoisotopic (exact) mass is 381 g/mol. The van der Waals surface area contributed by atoms with Crippen LogP contribution in [0, 0.1) is 10.1 Å². The minimum atomic E-state index is -1.15. The first-order chi connectivity index (χ1) is 10.9. The van der Waals surface area contributed by atoms with Crippen molar-refractivity contribution >= 4 is 27.6 Å². The molecule has 0 saturated carbocycles. The molecule has 0 aromatic heterocycles. The molecule has 2 aromatic carbocycles. The Morgan fingerprint density at radius 3 is 2.48 bits per heavy atom. The maximum Gasteiger partial charge on any atom is 0.339 e. The lowest BCUT2D eigenvalue weighted by Gasteiger charge is -2.14. The molecule has 2 rings (SSSR count). The first-order valence-electron chi connectivity index (χ1n) is 6.39. The van der Waals surface area contributed by atoms with E-state index in [-0.39, 0.29) is 29.4 Å². The normalized spacial score (nSPS) is 10.2. The third-order valence-electron chi connectivity index (χ3n) is 3.00. The Hall–Kier alpha value is -2.61. The van der Waals surface area contributed by atoms with E-state index in [0.717, 1.165) is 0 Å². The molecule has 7 nitrogen and oxygen atoms in total. The largest absolute Gasteiger partial charge is 0.493 e. The number of methoxy groups -OCH3 is 1. The number of carboxylic acid groups (broad SMARTS) is 1. The van der Waals surface area contributed by atoms with Crippen molar-refractivity contribution in [1.29, 1.82) is 0 Å². The Kier molecular flexibility index (Phi) is 5.17. The first kappa shape index (κ1) is 16.8. The fraction of sp³-hybridized carbons (Fsp3) is 0.133. The van der Waals surface area contributed by atoms with Gasteiger partial charge in [-0.05, 0) is 29.8 Å². The Bertz CT molecular complexity index is 744. The Morgan fingerprint density at radius 1 is 1.30 bits per heavy atom. The van der Waals surface area contributed by atoms with Crippen molar-refractivity contribution in [3.63, 3.8) is 0 Å². The predicted molar refractivity (Wildman–Crippen MR) is 85.1 cm³/mol. The van der Waals surface area contributed by atoms with Crippen molar-refractivity contribution < 1.29 is 24.3 Å². The molecule has 0 aliphatic carbocycles. The number of aromatic carboxylic acids is 1. The Morgan fingerprint density at radius 2 is 1.96 bits per heavy atom. The van der Waals surface area contributed by atoms with E-state index in [0.29, 0.717) is 10.0 Å². The van der Waals surface area contributed by atoms with Crippen LogP contribution in [0.15, 0.2) is 40.9 Å². The quantitative estimate of drug-likeness (QED) is 0.605. The van der Waals surface area contributed by atoms with Gasteiger partial charge < -0.3 is 14.6 Å². The summed E-state index contributed by atoms with van der Waals surface area (Å²) < 4.78 is 11.3. The zero-order valence-electron chi connectivity index (χ0n) is 12.0. The molecule has 0 spiro atoms. The summed E-state index contributed by atoms with van der Waals surface area (Å²) in [5.41, 5.74) is 0.594. The van der Waals surface area contributed by atoms with Crippen molar-refractivity contribution in [2.75, 3.05) is 7.11 Å². The van der Waals surface area contributed by atoms with Gasteiger partial charge in [-0.15, -0.1) is 0 Å². The van der Waals surface area contributed by atoms with Crippen LogP contribution in [0.25, 0.3) is 0 Å². The zero-order chi connectivity index (χ0) is 17.0. The summed E-state index contributed by atoms with van der Waals surface area (Å²) in [6.45, 7) is 0.0519. The Balaban J connectivity index is 2.25. The van der Waals surface area contributed by atoms with Crippen LogP contribution in [0.3, 0.4) is 0 Å². The summed E-state index contributed by atoms with van der Waals surface area (Å²) in [5, 5.41) is 19.9. The fourth-order valence-corrected chi connectivity index (χ4v) is 2.33. The summed E-state index contributed by atoms with van der Waals surface area (Å²) in [6, 6.07) is 8.81. The van der Waals surface area contributed by atoms with Gasteiger partial charge in [0.25, 0.3) is 5.69 Å². The molecule has 0 amide bonds. The molecule has 0 unspecified atom stereocenters. The van der Waals surface area contributed by atoms with Crippen molar-refractivity contribution in [3.05, 3.63) is 62.1 Å². The molecule has 23 heavy (non-hydrogen) atoms. The van der Waals surface area contributed by atoms with Crippen molar-refractivity contribution in [2.24, 2.45) is 0 Å². The molecule has 0 atom stereocenters. The highest BCUT2D eigenvalue weighted by Gasteiger charge is 2.18. The van der Waals surface area contributed by atoms with Crippen LogP contribution in [0.5, 0.6) is 11.5 Å². The van der Waals surface area contributed by atoms with Gasteiger partial charge in [-0.25, -0.2) is 4.79 Å². The van der Waals surface area contributed by atoms with Gasteiger partial charge in [-0.2, -0.15) is 0 Å². The highest BCUT2D eigenvalue weighted by atomic mass is 79.9. The minimum Gasteiger partial charge on any atom is -0.493 e. The number of rotatable bonds is 6. The molecule has 1 N–H and O–H groups in total. The molecule has 0 bridgehead atoms. The number of nitro groups is 1. The second-order valence-corrected chi connectivity index (χ2v) is 5.42. The second kappa shape index (κ2) is 7.10. The predicted octanol–water partition coefficient (Wildman–Crippen LogP) is 3.64. The number of non-ortho nitro benzene ring substituents is 1. The van der Waals surface area contributed by atoms with E-state index in [2.05, 4.69) is 15.9 Å². The van der Waals surface area contributed by atoms with E-state index in [1.807, 2.05) is 0 Å².